The third-order valence-electron chi connectivity index (χ3n) is 3.65. The highest BCUT2D eigenvalue weighted by Crippen LogP contribution is 2.25. The van der Waals surface area contributed by atoms with E-state index in [9.17, 15) is 14.9 Å². The molecule has 2 aromatic carbocycles. The molecule has 2 N–H and O–H groups in total. The van der Waals surface area contributed by atoms with Gasteiger partial charge in [0.2, 0.25) is 0 Å². The number of carbonyl (C=O) groups is 1. The fourth-order valence-corrected chi connectivity index (χ4v) is 2.43. The van der Waals surface area contributed by atoms with E-state index in [4.69, 9.17) is 16.0 Å². The van der Waals surface area contributed by atoms with Gasteiger partial charge in [0.1, 0.15) is 11.5 Å². The number of amides is 1. The van der Waals surface area contributed by atoms with Crippen LogP contribution >= 0.6 is 11.6 Å². The van der Waals surface area contributed by atoms with Crippen LogP contribution in [0.15, 0.2) is 70.2 Å². The number of nitrogens with one attached hydrogen (secondary N) is 2. The monoisotopic (exact) mass is 398 g/mol. The number of hydrogen-bond donors (Lipinski definition) is 2. The van der Waals surface area contributed by atoms with Gasteiger partial charge in [-0.15, -0.1) is 0 Å². The summed E-state index contributed by atoms with van der Waals surface area (Å²) in [5, 5.41) is 18.2. The first-order valence-electron chi connectivity index (χ1n) is 8.17. The second-order valence-electron chi connectivity index (χ2n) is 5.66. The first kappa shape index (κ1) is 19.1. The Balaban J connectivity index is 1.53. The van der Waals surface area contributed by atoms with Gasteiger partial charge in [0, 0.05) is 28.4 Å². The highest BCUT2D eigenvalue weighted by Gasteiger charge is 2.09. The molecule has 3 aromatic rings. The molecule has 0 spiro atoms. The fraction of sp³-hybridized carbons (Fsp3) is 0.0526. The number of benzene rings is 2. The number of non-ortho nitro benzene ring substituents is 1. The lowest BCUT2D eigenvalue weighted by Gasteiger charge is -2.04. The maximum Gasteiger partial charge on any atom is 0.270 e. The Hall–Kier alpha value is -3.65. The van der Waals surface area contributed by atoms with E-state index in [1.54, 1.807) is 48.5 Å². The summed E-state index contributed by atoms with van der Waals surface area (Å²) >= 11 is 5.80. The van der Waals surface area contributed by atoms with Crippen LogP contribution in [0.25, 0.3) is 11.3 Å². The molecule has 0 saturated heterocycles. The highest BCUT2D eigenvalue weighted by molar-refractivity contribution is 6.30. The number of halogens is 1. The van der Waals surface area contributed by atoms with Gasteiger partial charge in [0.25, 0.3) is 11.6 Å². The summed E-state index contributed by atoms with van der Waals surface area (Å²) in [6, 6.07) is 16.4. The molecule has 1 heterocycles. The average molecular weight is 399 g/mol. The van der Waals surface area contributed by atoms with Gasteiger partial charge in [0.15, 0.2) is 0 Å². The van der Waals surface area contributed by atoms with E-state index in [0.717, 1.165) is 5.69 Å². The van der Waals surface area contributed by atoms with E-state index >= 15 is 0 Å². The maximum absolute atomic E-state index is 11.8. The molecule has 0 saturated carbocycles. The fourth-order valence-electron chi connectivity index (χ4n) is 2.31. The van der Waals surface area contributed by atoms with Crippen molar-refractivity contribution in [2.24, 2.45) is 5.10 Å². The Morgan fingerprint density at radius 3 is 2.71 bits per heavy atom. The van der Waals surface area contributed by atoms with Crippen molar-refractivity contribution in [1.29, 1.82) is 0 Å². The first-order valence-corrected chi connectivity index (χ1v) is 8.55. The lowest BCUT2D eigenvalue weighted by atomic mass is 10.1. The Kier molecular flexibility index (Phi) is 6.03. The standard InChI is InChI=1S/C19H15ClN4O4/c20-14-4-6-15(7-5-14)21-12-19(25)23-22-11-17-8-9-18(28-17)13-2-1-3-16(10-13)24(26)27/h1-11,21H,12H2,(H,23,25)/b22-11-. The van der Waals surface area contributed by atoms with Crippen LogP contribution in [-0.2, 0) is 4.79 Å². The van der Waals surface area contributed by atoms with Gasteiger partial charge in [-0.2, -0.15) is 5.10 Å². The minimum atomic E-state index is -0.470. The molecule has 28 heavy (non-hydrogen) atoms. The van der Waals surface area contributed by atoms with Crippen LogP contribution in [-0.4, -0.2) is 23.6 Å². The quantitative estimate of drug-likeness (QED) is 0.354. The van der Waals surface area contributed by atoms with Gasteiger partial charge in [-0.3, -0.25) is 14.9 Å². The number of furan rings is 1. The summed E-state index contributed by atoms with van der Waals surface area (Å²) in [6.07, 6.45) is 1.35. The maximum atomic E-state index is 11.8. The minimum Gasteiger partial charge on any atom is -0.455 e. The molecule has 0 atom stereocenters. The number of nitrogens with zero attached hydrogens (tertiary/aromatic N) is 2. The van der Waals surface area contributed by atoms with Crippen LogP contribution < -0.4 is 10.7 Å². The van der Waals surface area contributed by atoms with Gasteiger partial charge in [-0.25, -0.2) is 5.43 Å². The molecule has 9 heteroatoms. The SMILES string of the molecule is O=C(CNc1ccc(Cl)cc1)N/N=C\c1ccc(-c2cccc([N+](=O)[O-])c2)o1. The van der Waals surface area contributed by atoms with Crippen molar-refractivity contribution in [2.45, 2.75) is 0 Å². The zero-order valence-corrected chi connectivity index (χ0v) is 15.2. The molecular weight excluding hydrogens is 384 g/mol. The van der Waals surface area contributed by atoms with Gasteiger partial charge in [-0.05, 0) is 36.4 Å². The molecule has 0 aliphatic rings. The Labute approximate surface area is 165 Å². The number of rotatable bonds is 7. The van der Waals surface area contributed by atoms with E-state index < -0.39 is 4.92 Å². The predicted octanol–water partition coefficient (Wildman–Crippen LogP) is 4.07. The van der Waals surface area contributed by atoms with E-state index in [2.05, 4.69) is 15.8 Å². The second-order valence-corrected chi connectivity index (χ2v) is 6.10. The van der Waals surface area contributed by atoms with Crippen molar-refractivity contribution in [3.63, 3.8) is 0 Å². The summed E-state index contributed by atoms with van der Waals surface area (Å²) in [5.41, 5.74) is 3.69. The van der Waals surface area contributed by atoms with Crippen molar-refractivity contribution >= 4 is 35.1 Å². The van der Waals surface area contributed by atoms with Gasteiger partial charge < -0.3 is 9.73 Å². The molecule has 3 rings (SSSR count). The Bertz CT molecular complexity index is 1010. The van der Waals surface area contributed by atoms with Crippen molar-refractivity contribution < 1.29 is 14.1 Å². The zero-order valence-electron chi connectivity index (χ0n) is 14.5. The largest absolute Gasteiger partial charge is 0.455 e. The van der Waals surface area contributed by atoms with Crippen molar-refractivity contribution in [3.8, 4) is 11.3 Å². The van der Waals surface area contributed by atoms with Crippen molar-refractivity contribution in [1.82, 2.24) is 5.43 Å². The van der Waals surface area contributed by atoms with Crippen LogP contribution in [0.5, 0.6) is 0 Å². The first-order chi connectivity index (χ1) is 13.5. The smallest absolute Gasteiger partial charge is 0.270 e. The normalized spacial score (nSPS) is 10.8. The van der Waals surface area contributed by atoms with Crippen LogP contribution in [0.2, 0.25) is 5.02 Å². The molecule has 0 aliphatic carbocycles. The number of carbonyl (C=O) groups excluding carboxylic acids is 1. The van der Waals surface area contributed by atoms with Crippen molar-refractivity contribution in [2.75, 3.05) is 11.9 Å². The third kappa shape index (κ3) is 5.18. The lowest BCUT2D eigenvalue weighted by molar-refractivity contribution is -0.384. The highest BCUT2D eigenvalue weighted by atomic mass is 35.5. The zero-order chi connectivity index (χ0) is 19.9. The third-order valence-corrected chi connectivity index (χ3v) is 3.90. The molecule has 1 amide bonds. The Morgan fingerprint density at radius 2 is 1.96 bits per heavy atom. The number of hydrogen-bond acceptors (Lipinski definition) is 6. The summed E-state index contributed by atoms with van der Waals surface area (Å²) in [5.74, 6) is 0.519. The molecule has 0 fully saturated rings. The van der Waals surface area contributed by atoms with Crippen LogP contribution in [0.4, 0.5) is 11.4 Å². The molecule has 0 unspecified atom stereocenters. The van der Waals surface area contributed by atoms with Crippen molar-refractivity contribution in [3.05, 3.63) is 81.6 Å². The minimum absolute atomic E-state index is 0.0235. The van der Waals surface area contributed by atoms with E-state index in [1.165, 1.54) is 18.3 Å². The van der Waals surface area contributed by atoms with E-state index in [0.29, 0.717) is 22.1 Å². The molecule has 0 radical (unpaired) electrons. The molecule has 142 valence electrons. The van der Waals surface area contributed by atoms with Crippen LogP contribution in [0.1, 0.15) is 5.76 Å². The Morgan fingerprint density at radius 1 is 1.18 bits per heavy atom. The van der Waals surface area contributed by atoms with E-state index in [1.807, 2.05) is 0 Å². The van der Waals surface area contributed by atoms with Crippen LogP contribution in [0.3, 0.4) is 0 Å². The average Bonchev–Trinajstić information content (AvgIpc) is 3.16. The van der Waals surface area contributed by atoms with Gasteiger partial charge in [0.05, 0.1) is 17.7 Å². The molecule has 8 nitrogen and oxygen atoms in total. The summed E-state index contributed by atoms with van der Waals surface area (Å²) in [4.78, 5) is 22.2. The molecule has 1 aromatic heterocycles. The lowest BCUT2D eigenvalue weighted by Crippen LogP contribution is -2.25. The van der Waals surface area contributed by atoms with Gasteiger partial charge >= 0.3 is 0 Å². The summed E-state index contributed by atoms with van der Waals surface area (Å²) in [6.45, 7) is 0.0378. The number of nitro benzene ring substituents is 1. The number of nitro groups is 1. The summed E-state index contributed by atoms with van der Waals surface area (Å²) < 4.78 is 5.58. The predicted molar refractivity (Wildman–Crippen MR) is 106 cm³/mol. The van der Waals surface area contributed by atoms with Crippen LogP contribution in [0, 0.1) is 10.1 Å². The molecular formula is C19H15ClN4O4. The molecule has 0 bridgehead atoms. The van der Waals surface area contributed by atoms with Gasteiger partial charge in [-0.1, -0.05) is 23.7 Å². The molecule has 0 aliphatic heterocycles. The number of hydrazone groups is 1. The second kappa shape index (κ2) is 8.83. The van der Waals surface area contributed by atoms with E-state index in [-0.39, 0.29) is 18.1 Å². The summed E-state index contributed by atoms with van der Waals surface area (Å²) in [7, 11) is 0. The topological polar surface area (TPSA) is 110 Å². The number of anilines is 1.